The van der Waals surface area contributed by atoms with Gasteiger partial charge in [0, 0.05) is 23.4 Å². The van der Waals surface area contributed by atoms with Crippen molar-refractivity contribution >= 4 is 40.2 Å². The first-order chi connectivity index (χ1) is 15.2. The minimum absolute atomic E-state index is 0.207. The maximum Gasteiger partial charge on any atom is 0.293 e. The molecule has 1 saturated heterocycles. The molecule has 0 unspecified atom stereocenters. The van der Waals surface area contributed by atoms with Crippen LogP contribution in [-0.2, 0) is 11.3 Å². The zero-order chi connectivity index (χ0) is 23.0. The summed E-state index contributed by atoms with van der Waals surface area (Å²) in [5.74, 6) is -0.785. The number of carbonyl (C=O) groups is 2. The number of hydrogen-bond acceptors (Lipinski definition) is 4. The number of rotatable bonds is 5. The van der Waals surface area contributed by atoms with Crippen LogP contribution in [0.15, 0.2) is 53.4 Å². The van der Waals surface area contributed by atoms with Crippen LogP contribution in [0.3, 0.4) is 0 Å². The predicted octanol–water partition coefficient (Wildman–Crippen LogP) is 6.47. The van der Waals surface area contributed by atoms with Gasteiger partial charge >= 0.3 is 0 Å². The molecule has 2 aliphatic rings. The fraction of sp³-hybridized carbons (Fsp3) is 0.308. The molecule has 166 valence electrons. The minimum Gasteiger partial charge on any atom is -0.362 e. The largest absolute Gasteiger partial charge is 0.362 e. The lowest BCUT2D eigenvalue weighted by molar-refractivity contribution is -0.123. The lowest BCUT2D eigenvalue weighted by Crippen LogP contribution is -2.45. The molecule has 0 aliphatic carbocycles. The Balaban J connectivity index is 1.67. The van der Waals surface area contributed by atoms with Crippen molar-refractivity contribution in [3.8, 4) is 0 Å². The summed E-state index contributed by atoms with van der Waals surface area (Å²) in [7, 11) is 0. The van der Waals surface area contributed by atoms with Crippen LogP contribution in [0.4, 0.5) is 14.9 Å². The van der Waals surface area contributed by atoms with Gasteiger partial charge in [0.25, 0.3) is 11.1 Å². The average molecular weight is 451 g/mol. The summed E-state index contributed by atoms with van der Waals surface area (Å²) in [5.41, 5.74) is 3.87. The maximum atomic E-state index is 15.2. The van der Waals surface area contributed by atoms with Crippen LogP contribution in [-0.4, -0.2) is 28.1 Å². The molecule has 0 bridgehead atoms. The van der Waals surface area contributed by atoms with Gasteiger partial charge in [-0.05, 0) is 68.3 Å². The zero-order valence-electron chi connectivity index (χ0n) is 18.8. The number of amides is 2. The van der Waals surface area contributed by atoms with Gasteiger partial charge in [-0.15, -0.1) is 0 Å². The number of allylic oxidation sites excluding steroid dienone is 1. The summed E-state index contributed by atoms with van der Waals surface area (Å²) >= 11 is 0.858. The highest BCUT2D eigenvalue weighted by Gasteiger charge is 2.36. The Labute approximate surface area is 192 Å². The molecule has 2 aromatic carbocycles. The highest BCUT2D eigenvalue weighted by molar-refractivity contribution is 8.18. The Kier molecular flexibility index (Phi) is 5.99. The second-order valence-corrected chi connectivity index (χ2v) is 9.77. The van der Waals surface area contributed by atoms with E-state index in [1.807, 2.05) is 37.3 Å². The summed E-state index contributed by atoms with van der Waals surface area (Å²) in [6.07, 6.45) is 4.65. The van der Waals surface area contributed by atoms with Crippen LogP contribution in [0, 0.1) is 5.82 Å². The topological polar surface area (TPSA) is 40.6 Å². The van der Waals surface area contributed by atoms with Crippen molar-refractivity contribution in [2.45, 2.75) is 46.2 Å². The van der Waals surface area contributed by atoms with E-state index in [2.05, 4.69) is 31.7 Å². The molecule has 0 aromatic heterocycles. The van der Waals surface area contributed by atoms with Crippen molar-refractivity contribution < 1.29 is 14.0 Å². The van der Waals surface area contributed by atoms with Crippen molar-refractivity contribution in [1.29, 1.82) is 0 Å². The van der Waals surface area contributed by atoms with E-state index in [9.17, 15) is 9.59 Å². The van der Waals surface area contributed by atoms with Gasteiger partial charge in [-0.3, -0.25) is 14.5 Å². The Bertz CT molecular complexity index is 1140. The number of carbonyl (C=O) groups excluding carboxylic acids is 2. The molecular weight excluding hydrogens is 423 g/mol. The van der Waals surface area contributed by atoms with Crippen LogP contribution in [0.5, 0.6) is 0 Å². The quantitative estimate of drug-likeness (QED) is 0.489. The SMILES string of the molecule is CCCN1c2cc(F)c(/C=C3/SC(=O)N(Cc4ccccc4)C3=O)cc2C(C)=CC1(C)C. The van der Waals surface area contributed by atoms with Crippen LogP contribution in [0.1, 0.15) is 50.8 Å². The van der Waals surface area contributed by atoms with E-state index in [-0.39, 0.29) is 28.1 Å². The number of nitrogens with zero attached hydrogens (tertiary/aromatic N) is 2. The first-order valence-corrected chi connectivity index (χ1v) is 11.6. The van der Waals surface area contributed by atoms with Crippen LogP contribution in [0.2, 0.25) is 0 Å². The van der Waals surface area contributed by atoms with E-state index in [1.165, 1.54) is 11.0 Å². The van der Waals surface area contributed by atoms with Gasteiger partial charge in [-0.25, -0.2) is 4.39 Å². The third-order valence-corrected chi connectivity index (χ3v) is 6.79. The van der Waals surface area contributed by atoms with Gasteiger partial charge in [0.2, 0.25) is 0 Å². The molecule has 0 saturated carbocycles. The summed E-state index contributed by atoms with van der Waals surface area (Å²) in [6.45, 7) is 9.42. The monoisotopic (exact) mass is 450 g/mol. The van der Waals surface area contributed by atoms with Crippen LogP contribution < -0.4 is 4.90 Å². The summed E-state index contributed by atoms with van der Waals surface area (Å²) in [4.78, 5) is 29.0. The van der Waals surface area contributed by atoms with Crippen molar-refractivity contribution in [2.24, 2.45) is 0 Å². The van der Waals surface area contributed by atoms with Crippen LogP contribution >= 0.6 is 11.8 Å². The Morgan fingerprint density at radius 2 is 1.84 bits per heavy atom. The molecule has 4 nitrogen and oxygen atoms in total. The molecule has 4 rings (SSSR count). The normalized spacial score (nSPS) is 18.9. The van der Waals surface area contributed by atoms with E-state index >= 15 is 4.39 Å². The van der Waals surface area contributed by atoms with E-state index in [1.54, 1.807) is 12.1 Å². The molecule has 0 radical (unpaired) electrons. The van der Waals surface area contributed by atoms with Crippen molar-refractivity contribution in [2.75, 3.05) is 11.4 Å². The molecule has 0 spiro atoms. The highest BCUT2D eigenvalue weighted by atomic mass is 32.2. The third kappa shape index (κ3) is 4.11. The van der Waals surface area contributed by atoms with E-state index < -0.39 is 5.82 Å². The first kappa shape index (κ1) is 22.3. The molecule has 6 heteroatoms. The standard InChI is InChI=1S/C26H27FN2O2S/c1-5-11-29-22-14-21(27)19(12-20(22)17(2)15-26(29,3)4)13-23-24(30)28(25(31)32-23)16-18-9-7-6-8-10-18/h6-10,12-15H,5,11,16H2,1-4H3/b23-13+. The van der Waals surface area contributed by atoms with E-state index in [4.69, 9.17) is 0 Å². The molecule has 32 heavy (non-hydrogen) atoms. The predicted molar refractivity (Wildman–Crippen MR) is 130 cm³/mol. The van der Waals surface area contributed by atoms with Crippen LogP contribution in [0.25, 0.3) is 11.6 Å². The molecule has 2 amide bonds. The molecule has 2 aliphatic heterocycles. The molecule has 0 atom stereocenters. The van der Waals surface area contributed by atoms with Gasteiger partial charge in [0.05, 0.1) is 17.0 Å². The Morgan fingerprint density at radius 3 is 2.53 bits per heavy atom. The van der Waals surface area contributed by atoms with Crippen molar-refractivity contribution in [3.05, 3.63) is 76.0 Å². The number of anilines is 1. The lowest BCUT2D eigenvalue weighted by atomic mass is 9.87. The number of benzene rings is 2. The number of imide groups is 1. The van der Waals surface area contributed by atoms with E-state index in [0.717, 1.165) is 47.1 Å². The molecule has 2 heterocycles. The number of hydrogen-bond donors (Lipinski definition) is 0. The highest BCUT2D eigenvalue weighted by Crippen LogP contribution is 2.41. The zero-order valence-corrected chi connectivity index (χ0v) is 19.6. The maximum absolute atomic E-state index is 15.2. The van der Waals surface area contributed by atoms with Gasteiger partial charge in [0.15, 0.2) is 0 Å². The van der Waals surface area contributed by atoms with E-state index in [0.29, 0.717) is 5.56 Å². The summed E-state index contributed by atoms with van der Waals surface area (Å²) in [5, 5.41) is -0.338. The molecule has 2 aromatic rings. The second kappa shape index (κ2) is 8.58. The lowest BCUT2D eigenvalue weighted by Gasteiger charge is -2.43. The fourth-order valence-corrected chi connectivity index (χ4v) is 5.23. The first-order valence-electron chi connectivity index (χ1n) is 10.8. The van der Waals surface area contributed by atoms with Gasteiger partial charge in [0.1, 0.15) is 5.82 Å². The smallest absolute Gasteiger partial charge is 0.293 e. The summed E-state index contributed by atoms with van der Waals surface area (Å²) in [6, 6.07) is 12.7. The van der Waals surface area contributed by atoms with Crippen molar-refractivity contribution in [1.82, 2.24) is 4.90 Å². The minimum atomic E-state index is -0.398. The Morgan fingerprint density at radius 1 is 1.12 bits per heavy atom. The van der Waals surface area contributed by atoms with Gasteiger partial charge in [-0.1, -0.05) is 43.3 Å². The average Bonchev–Trinajstić information content (AvgIpc) is 3.00. The summed E-state index contributed by atoms with van der Waals surface area (Å²) < 4.78 is 15.2. The molecular formula is C26H27FN2O2S. The fourth-order valence-electron chi connectivity index (χ4n) is 4.40. The molecule has 1 fully saturated rings. The second-order valence-electron chi connectivity index (χ2n) is 8.78. The van der Waals surface area contributed by atoms with Crippen molar-refractivity contribution in [3.63, 3.8) is 0 Å². The molecule has 0 N–H and O–H groups in total. The third-order valence-electron chi connectivity index (χ3n) is 5.89. The van der Waals surface area contributed by atoms with Gasteiger partial charge in [-0.2, -0.15) is 0 Å². The number of fused-ring (bicyclic) bond motifs is 1. The van der Waals surface area contributed by atoms with Gasteiger partial charge < -0.3 is 4.90 Å². The number of halogens is 1. The Hall–Kier alpha value is -2.86. The number of thioether (sulfide) groups is 1.